The third kappa shape index (κ3) is 2.12. The molecule has 1 aliphatic rings. The quantitative estimate of drug-likeness (QED) is 0.890. The number of aliphatic hydroxyl groups excluding tert-OH is 1. The number of nitrogens with zero attached hydrogens (tertiary/aromatic N) is 1. The largest absolute Gasteiger partial charge is 0.392 e. The molecule has 2 nitrogen and oxygen atoms in total. The third-order valence-corrected chi connectivity index (χ3v) is 3.53. The molecule has 18 heavy (non-hydrogen) atoms. The maximum Gasteiger partial charge on any atom is 0.0681 e. The van der Waals surface area contributed by atoms with Gasteiger partial charge in [-0.2, -0.15) is 0 Å². The van der Waals surface area contributed by atoms with Crippen LogP contribution >= 0.6 is 0 Å². The van der Waals surface area contributed by atoms with Crippen LogP contribution in [0.2, 0.25) is 0 Å². The highest BCUT2D eigenvalue weighted by atomic mass is 16.3. The zero-order valence-electron chi connectivity index (χ0n) is 10.3. The second-order valence-corrected chi connectivity index (χ2v) is 4.78. The molecule has 3 rings (SSSR count). The fraction of sp³-hybridized carbons (Fsp3) is 0.250. The lowest BCUT2D eigenvalue weighted by molar-refractivity contribution is 0.282. The minimum Gasteiger partial charge on any atom is -0.392 e. The minimum absolute atomic E-state index is 0.131. The molecule has 0 unspecified atom stereocenters. The van der Waals surface area contributed by atoms with Gasteiger partial charge in [-0.05, 0) is 29.2 Å². The van der Waals surface area contributed by atoms with Crippen LogP contribution in [0, 0.1) is 0 Å². The maximum atomic E-state index is 9.16. The third-order valence-electron chi connectivity index (χ3n) is 3.53. The molecule has 0 radical (unpaired) electrons. The van der Waals surface area contributed by atoms with E-state index in [1.165, 1.54) is 16.8 Å². The average molecular weight is 239 g/mol. The van der Waals surface area contributed by atoms with E-state index in [9.17, 15) is 0 Å². The van der Waals surface area contributed by atoms with Crippen LogP contribution in [0.4, 0.5) is 5.69 Å². The molecule has 1 heterocycles. The summed E-state index contributed by atoms with van der Waals surface area (Å²) in [5.74, 6) is 0. The lowest BCUT2D eigenvalue weighted by Crippen LogP contribution is -2.19. The summed E-state index contributed by atoms with van der Waals surface area (Å²) in [6.07, 6.45) is 1.08. The Morgan fingerprint density at radius 1 is 1.00 bits per heavy atom. The summed E-state index contributed by atoms with van der Waals surface area (Å²) in [6.45, 7) is 2.16. The van der Waals surface area contributed by atoms with Crippen LogP contribution in [-0.4, -0.2) is 11.7 Å². The van der Waals surface area contributed by atoms with Crippen molar-refractivity contribution < 1.29 is 5.11 Å². The van der Waals surface area contributed by atoms with Gasteiger partial charge in [0.15, 0.2) is 0 Å². The van der Waals surface area contributed by atoms with E-state index in [1.807, 2.05) is 6.07 Å². The number of rotatable bonds is 3. The van der Waals surface area contributed by atoms with Crippen LogP contribution in [0.15, 0.2) is 48.5 Å². The standard InChI is InChI=1S/C16H17NO/c18-12-14-6-7-16-15(10-14)8-9-17(16)11-13-4-2-1-3-5-13/h1-7,10,18H,8-9,11-12H2. The summed E-state index contributed by atoms with van der Waals surface area (Å²) in [7, 11) is 0. The Hall–Kier alpha value is -1.80. The molecule has 0 saturated carbocycles. The van der Waals surface area contributed by atoms with Gasteiger partial charge in [-0.3, -0.25) is 0 Å². The summed E-state index contributed by atoms with van der Waals surface area (Å²) < 4.78 is 0. The summed E-state index contributed by atoms with van der Waals surface area (Å²) in [4.78, 5) is 2.41. The molecular weight excluding hydrogens is 222 g/mol. The van der Waals surface area contributed by atoms with Crippen LogP contribution in [0.3, 0.4) is 0 Å². The van der Waals surface area contributed by atoms with Crippen LogP contribution in [-0.2, 0) is 19.6 Å². The molecule has 0 atom stereocenters. The lowest BCUT2D eigenvalue weighted by Gasteiger charge is -2.19. The minimum atomic E-state index is 0.131. The first kappa shape index (κ1) is 11.3. The fourth-order valence-electron chi connectivity index (χ4n) is 2.59. The van der Waals surface area contributed by atoms with Crippen molar-refractivity contribution in [3.05, 3.63) is 65.2 Å². The first-order valence-electron chi connectivity index (χ1n) is 6.38. The molecule has 0 spiro atoms. The number of fused-ring (bicyclic) bond motifs is 1. The van der Waals surface area contributed by atoms with Gasteiger partial charge < -0.3 is 10.0 Å². The molecule has 0 aliphatic carbocycles. The van der Waals surface area contributed by atoms with Crippen LogP contribution in [0.25, 0.3) is 0 Å². The van der Waals surface area contributed by atoms with Gasteiger partial charge in [0, 0.05) is 18.8 Å². The molecule has 2 aromatic rings. The van der Waals surface area contributed by atoms with E-state index < -0.39 is 0 Å². The number of anilines is 1. The first-order valence-corrected chi connectivity index (χ1v) is 6.38. The molecule has 0 fully saturated rings. The molecule has 0 saturated heterocycles. The van der Waals surface area contributed by atoms with Crippen molar-refractivity contribution in [3.63, 3.8) is 0 Å². The van der Waals surface area contributed by atoms with Crippen molar-refractivity contribution in [1.82, 2.24) is 0 Å². The molecule has 1 aliphatic heterocycles. The SMILES string of the molecule is OCc1ccc2c(c1)CCN2Cc1ccccc1. The van der Waals surface area contributed by atoms with Crippen LogP contribution in [0.5, 0.6) is 0 Å². The first-order chi connectivity index (χ1) is 8.86. The molecule has 0 bridgehead atoms. The van der Waals surface area contributed by atoms with E-state index in [0.717, 1.165) is 25.1 Å². The predicted molar refractivity (Wildman–Crippen MR) is 73.6 cm³/mol. The van der Waals surface area contributed by atoms with Crippen molar-refractivity contribution in [2.75, 3.05) is 11.4 Å². The summed E-state index contributed by atoms with van der Waals surface area (Å²) in [6, 6.07) is 16.8. The van der Waals surface area contributed by atoms with E-state index in [1.54, 1.807) is 0 Å². The highest BCUT2D eigenvalue weighted by Crippen LogP contribution is 2.30. The smallest absolute Gasteiger partial charge is 0.0681 e. The Kier molecular flexibility index (Phi) is 3.03. The van der Waals surface area contributed by atoms with Gasteiger partial charge in [0.1, 0.15) is 0 Å². The molecule has 2 aromatic carbocycles. The van der Waals surface area contributed by atoms with Gasteiger partial charge in [-0.1, -0.05) is 42.5 Å². The molecule has 0 amide bonds. The Morgan fingerprint density at radius 3 is 2.61 bits per heavy atom. The van der Waals surface area contributed by atoms with Crippen molar-refractivity contribution in [2.45, 2.75) is 19.6 Å². The van der Waals surface area contributed by atoms with Crippen LogP contribution in [0.1, 0.15) is 16.7 Å². The number of hydrogen-bond acceptors (Lipinski definition) is 2. The maximum absolute atomic E-state index is 9.16. The van der Waals surface area contributed by atoms with Gasteiger partial charge in [-0.15, -0.1) is 0 Å². The van der Waals surface area contributed by atoms with Crippen molar-refractivity contribution in [3.8, 4) is 0 Å². The van der Waals surface area contributed by atoms with E-state index in [0.29, 0.717) is 0 Å². The second kappa shape index (κ2) is 4.83. The van der Waals surface area contributed by atoms with E-state index in [2.05, 4.69) is 47.4 Å². The Bertz CT molecular complexity index is 536. The molecule has 92 valence electrons. The number of hydrogen-bond donors (Lipinski definition) is 1. The number of aliphatic hydroxyl groups is 1. The Labute approximate surface area is 107 Å². The summed E-state index contributed by atoms with van der Waals surface area (Å²) in [5.41, 5.74) is 5.03. The number of benzene rings is 2. The van der Waals surface area contributed by atoms with Crippen molar-refractivity contribution >= 4 is 5.69 Å². The molecular formula is C16H17NO. The van der Waals surface area contributed by atoms with E-state index >= 15 is 0 Å². The highest BCUT2D eigenvalue weighted by Gasteiger charge is 2.18. The van der Waals surface area contributed by atoms with Gasteiger partial charge in [0.2, 0.25) is 0 Å². The van der Waals surface area contributed by atoms with Crippen LogP contribution < -0.4 is 4.90 Å². The van der Waals surface area contributed by atoms with Crippen molar-refractivity contribution in [1.29, 1.82) is 0 Å². The Balaban J connectivity index is 1.82. The predicted octanol–water partition coefficient (Wildman–Crippen LogP) is 2.74. The molecule has 2 heteroatoms. The Morgan fingerprint density at radius 2 is 1.83 bits per heavy atom. The summed E-state index contributed by atoms with van der Waals surface area (Å²) >= 11 is 0. The highest BCUT2D eigenvalue weighted by molar-refractivity contribution is 5.59. The van der Waals surface area contributed by atoms with Gasteiger partial charge in [0.25, 0.3) is 0 Å². The lowest BCUT2D eigenvalue weighted by atomic mass is 10.1. The topological polar surface area (TPSA) is 23.5 Å². The zero-order chi connectivity index (χ0) is 12.4. The molecule has 0 aromatic heterocycles. The van der Waals surface area contributed by atoms with E-state index in [4.69, 9.17) is 5.11 Å². The molecule has 1 N–H and O–H groups in total. The van der Waals surface area contributed by atoms with Gasteiger partial charge >= 0.3 is 0 Å². The zero-order valence-corrected chi connectivity index (χ0v) is 10.3. The van der Waals surface area contributed by atoms with Gasteiger partial charge in [0.05, 0.1) is 6.61 Å². The average Bonchev–Trinajstić information content (AvgIpc) is 2.82. The van der Waals surface area contributed by atoms with Crippen molar-refractivity contribution in [2.24, 2.45) is 0 Å². The monoisotopic (exact) mass is 239 g/mol. The fourth-order valence-corrected chi connectivity index (χ4v) is 2.59. The normalized spacial score (nSPS) is 13.7. The summed E-state index contributed by atoms with van der Waals surface area (Å²) in [5, 5.41) is 9.16. The second-order valence-electron chi connectivity index (χ2n) is 4.78. The van der Waals surface area contributed by atoms with E-state index in [-0.39, 0.29) is 6.61 Å². The van der Waals surface area contributed by atoms with Gasteiger partial charge in [-0.25, -0.2) is 0 Å².